The van der Waals surface area contributed by atoms with Crippen molar-refractivity contribution in [3.63, 3.8) is 0 Å². The molecule has 2 heterocycles. The third kappa shape index (κ3) is 4.98. The van der Waals surface area contributed by atoms with E-state index in [9.17, 15) is 13.9 Å². The number of ether oxygens (including phenoxy) is 2. The zero-order valence-electron chi connectivity index (χ0n) is 18.0. The third-order valence-corrected chi connectivity index (χ3v) is 5.17. The fourth-order valence-electron chi connectivity index (χ4n) is 3.65. The Balaban J connectivity index is 1.59. The van der Waals surface area contributed by atoms with E-state index in [-0.39, 0.29) is 18.5 Å². The van der Waals surface area contributed by atoms with Crippen molar-refractivity contribution in [2.24, 2.45) is 0 Å². The van der Waals surface area contributed by atoms with Crippen molar-refractivity contribution in [1.82, 2.24) is 29.8 Å². The van der Waals surface area contributed by atoms with Gasteiger partial charge in [0.2, 0.25) is 0 Å². The predicted molar refractivity (Wildman–Crippen MR) is 113 cm³/mol. The SMILES string of the molecule is COc1ccc(Cn2cc(CC(O)(Cn3cncn3)c3ccc(F)cc3F)nn2)cc1OC. The number of aliphatic hydroxyl groups is 1. The van der Waals surface area contributed by atoms with Crippen LogP contribution in [-0.4, -0.2) is 49.1 Å². The van der Waals surface area contributed by atoms with Gasteiger partial charge in [0.25, 0.3) is 0 Å². The molecule has 0 amide bonds. The topological polar surface area (TPSA) is 100 Å². The minimum Gasteiger partial charge on any atom is -0.493 e. The molecule has 0 bridgehead atoms. The molecule has 0 saturated heterocycles. The average Bonchev–Trinajstić information content (AvgIpc) is 3.45. The van der Waals surface area contributed by atoms with Crippen LogP contribution in [0.15, 0.2) is 55.2 Å². The Kier molecular flexibility index (Phi) is 6.31. The van der Waals surface area contributed by atoms with Crippen LogP contribution in [0.25, 0.3) is 0 Å². The monoisotopic (exact) mass is 456 g/mol. The van der Waals surface area contributed by atoms with E-state index < -0.39 is 17.2 Å². The van der Waals surface area contributed by atoms with Gasteiger partial charge in [-0.3, -0.25) is 0 Å². The highest BCUT2D eigenvalue weighted by atomic mass is 19.1. The van der Waals surface area contributed by atoms with Crippen LogP contribution in [0.2, 0.25) is 0 Å². The quantitative estimate of drug-likeness (QED) is 0.413. The lowest BCUT2D eigenvalue weighted by atomic mass is 9.88. The minimum absolute atomic E-state index is 0.0751. The zero-order valence-corrected chi connectivity index (χ0v) is 18.0. The number of halogens is 2. The maximum absolute atomic E-state index is 14.6. The summed E-state index contributed by atoms with van der Waals surface area (Å²) >= 11 is 0. The fraction of sp³-hybridized carbons (Fsp3) is 0.273. The van der Waals surface area contributed by atoms with Gasteiger partial charge in [-0.2, -0.15) is 5.10 Å². The van der Waals surface area contributed by atoms with Crippen LogP contribution in [0.1, 0.15) is 16.8 Å². The number of hydrogen-bond acceptors (Lipinski definition) is 7. The number of aromatic nitrogens is 6. The van der Waals surface area contributed by atoms with Gasteiger partial charge in [0, 0.05) is 24.2 Å². The fourth-order valence-corrected chi connectivity index (χ4v) is 3.65. The van der Waals surface area contributed by atoms with Crippen LogP contribution in [0, 0.1) is 11.6 Å². The van der Waals surface area contributed by atoms with Gasteiger partial charge in [-0.1, -0.05) is 17.3 Å². The molecule has 11 heteroatoms. The van der Waals surface area contributed by atoms with Gasteiger partial charge in [-0.05, 0) is 23.8 Å². The summed E-state index contributed by atoms with van der Waals surface area (Å²) in [7, 11) is 3.12. The molecule has 0 aliphatic heterocycles. The Labute approximate surface area is 188 Å². The smallest absolute Gasteiger partial charge is 0.161 e. The van der Waals surface area contributed by atoms with Gasteiger partial charge in [0.15, 0.2) is 11.5 Å². The van der Waals surface area contributed by atoms with Crippen molar-refractivity contribution >= 4 is 0 Å². The molecule has 0 fully saturated rings. The van der Waals surface area contributed by atoms with Crippen LogP contribution in [0.4, 0.5) is 8.78 Å². The van der Waals surface area contributed by atoms with E-state index in [1.54, 1.807) is 31.2 Å². The van der Waals surface area contributed by atoms with Gasteiger partial charge in [0.1, 0.15) is 29.9 Å². The molecule has 33 heavy (non-hydrogen) atoms. The number of methoxy groups -OCH3 is 2. The molecular weight excluding hydrogens is 434 g/mol. The van der Waals surface area contributed by atoms with Gasteiger partial charge < -0.3 is 14.6 Å². The second kappa shape index (κ2) is 9.33. The number of hydrogen-bond donors (Lipinski definition) is 1. The first kappa shape index (κ1) is 22.3. The first-order chi connectivity index (χ1) is 15.9. The Morgan fingerprint density at radius 2 is 1.85 bits per heavy atom. The van der Waals surface area contributed by atoms with E-state index >= 15 is 0 Å². The highest BCUT2D eigenvalue weighted by molar-refractivity contribution is 5.42. The zero-order chi connectivity index (χ0) is 23.4. The molecule has 0 aliphatic rings. The van der Waals surface area contributed by atoms with Gasteiger partial charge in [0.05, 0.1) is 33.0 Å². The van der Waals surface area contributed by atoms with Crippen molar-refractivity contribution in [2.75, 3.05) is 14.2 Å². The van der Waals surface area contributed by atoms with E-state index in [1.165, 1.54) is 23.4 Å². The summed E-state index contributed by atoms with van der Waals surface area (Å²) in [6.45, 7) is 0.276. The van der Waals surface area contributed by atoms with Crippen LogP contribution in [0.3, 0.4) is 0 Å². The Bertz CT molecular complexity index is 1230. The van der Waals surface area contributed by atoms with Crippen LogP contribution in [0.5, 0.6) is 11.5 Å². The lowest BCUT2D eigenvalue weighted by Crippen LogP contribution is -2.35. The van der Waals surface area contributed by atoms with E-state index in [0.717, 1.165) is 17.7 Å². The van der Waals surface area contributed by atoms with Gasteiger partial charge >= 0.3 is 0 Å². The molecule has 0 radical (unpaired) electrons. The van der Waals surface area contributed by atoms with Crippen molar-refractivity contribution in [3.05, 3.63) is 83.7 Å². The van der Waals surface area contributed by atoms with Crippen molar-refractivity contribution < 1.29 is 23.4 Å². The molecule has 0 aliphatic carbocycles. The van der Waals surface area contributed by atoms with E-state index in [1.807, 2.05) is 12.1 Å². The Hall–Kier alpha value is -3.86. The molecule has 4 rings (SSSR count). The molecule has 9 nitrogen and oxygen atoms in total. The summed E-state index contributed by atoms with van der Waals surface area (Å²) in [6, 6.07) is 8.54. The largest absolute Gasteiger partial charge is 0.493 e. The van der Waals surface area contributed by atoms with Crippen LogP contribution >= 0.6 is 0 Å². The standard InChI is InChI=1S/C22H22F2N6O3/c1-32-20-6-3-15(7-21(20)33-2)10-29-11-17(27-28-29)9-22(31,12-30-14-25-13-26-30)18-5-4-16(23)8-19(18)24/h3-8,11,13-14,31H,9-10,12H2,1-2H3. The highest BCUT2D eigenvalue weighted by Crippen LogP contribution is 2.30. The molecule has 1 unspecified atom stereocenters. The van der Waals surface area contributed by atoms with Gasteiger partial charge in [-0.15, -0.1) is 5.10 Å². The highest BCUT2D eigenvalue weighted by Gasteiger charge is 2.35. The first-order valence-corrected chi connectivity index (χ1v) is 10.0. The predicted octanol–water partition coefficient (Wildman–Crippen LogP) is 2.34. The van der Waals surface area contributed by atoms with E-state index in [0.29, 0.717) is 23.7 Å². The molecule has 0 saturated carbocycles. The Morgan fingerprint density at radius 1 is 1.03 bits per heavy atom. The maximum atomic E-state index is 14.6. The summed E-state index contributed by atoms with van der Waals surface area (Å²) in [5, 5.41) is 23.7. The number of benzene rings is 2. The lowest BCUT2D eigenvalue weighted by molar-refractivity contribution is 0.0107. The summed E-state index contributed by atoms with van der Waals surface area (Å²) < 4.78 is 41.6. The number of nitrogens with zero attached hydrogens (tertiary/aromatic N) is 6. The average molecular weight is 456 g/mol. The third-order valence-electron chi connectivity index (χ3n) is 5.17. The van der Waals surface area contributed by atoms with Gasteiger partial charge in [-0.25, -0.2) is 23.1 Å². The van der Waals surface area contributed by atoms with Crippen LogP contribution < -0.4 is 9.47 Å². The minimum atomic E-state index is -1.77. The summed E-state index contributed by atoms with van der Waals surface area (Å²) in [4.78, 5) is 3.86. The lowest BCUT2D eigenvalue weighted by Gasteiger charge is -2.28. The second-order valence-electron chi connectivity index (χ2n) is 7.52. The van der Waals surface area contributed by atoms with Crippen molar-refractivity contribution in [3.8, 4) is 11.5 Å². The summed E-state index contributed by atoms with van der Waals surface area (Å²) in [5.41, 5.74) is -0.530. The summed E-state index contributed by atoms with van der Waals surface area (Å²) in [5.74, 6) is -0.403. The molecule has 172 valence electrons. The molecule has 4 aromatic rings. The molecule has 0 spiro atoms. The Morgan fingerprint density at radius 3 is 2.55 bits per heavy atom. The molecule has 1 atom stereocenters. The second-order valence-corrected chi connectivity index (χ2v) is 7.52. The number of rotatable bonds is 9. The van der Waals surface area contributed by atoms with Crippen molar-refractivity contribution in [1.29, 1.82) is 0 Å². The maximum Gasteiger partial charge on any atom is 0.161 e. The normalized spacial score (nSPS) is 13.0. The van der Waals surface area contributed by atoms with E-state index in [2.05, 4.69) is 20.4 Å². The molecule has 1 N–H and O–H groups in total. The molecule has 2 aromatic heterocycles. The van der Waals surface area contributed by atoms with E-state index in [4.69, 9.17) is 9.47 Å². The first-order valence-electron chi connectivity index (χ1n) is 10.0. The molecule has 2 aromatic carbocycles. The van der Waals surface area contributed by atoms with Crippen LogP contribution in [-0.2, 0) is 25.1 Å². The molecular formula is C22H22F2N6O3. The summed E-state index contributed by atoms with van der Waals surface area (Å²) in [6.07, 6.45) is 4.28. The van der Waals surface area contributed by atoms with Crippen molar-refractivity contribution in [2.45, 2.75) is 25.1 Å².